The minimum atomic E-state index is 0. The van der Waals surface area contributed by atoms with Crippen LogP contribution in [-0.2, 0) is 0 Å². The Kier molecular flexibility index (Phi) is 9.15. The molecule has 1 aliphatic rings. The molecule has 3 N–H and O–H groups in total. The van der Waals surface area contributed by atoms with Crippen molar-refractivity contribution in [3.05, 3.63) is 70.7 Å². The largest absolute Gasteiger partial charge is 0.586 e. The predicted octanol–water partition coefficient (Wildman–Crippen LogP) is 4.32. The SMILES string of the molecule is F.F.[B][N+]1=CC=CC1=C(CCN)c1[nH]c(/C=C/c2ccc(SC)cc2)cc1C. The van der Waals surface area contributed by atoms with E-state index in [1.165, 1.54) is 16.0 Å². The fourth-order valence-electron chi connectivity index (χ4n) is 3.06. The summed E-state index contributed by atoms with van der Waals surface area (Å²) in [4.78, 5) is 4.79. The minimum absolute atomic E-state index is 0. The van der Waals surface area contributed by atoms with Crippen molar-refractivity contribution in [2.24, 2.45) is 5.73 Å². The van der Waals surface area contributed by atoms with Crippen LogP contribution in [0.15, 0.2) is 53.1 Å². The first-order chi connectivity index (χ1) is 12.6. The Hall–Kier alpha value is -2.38. The molecular weight excluding hydrogens is 375 g/mol. The van der Waals surface area contributed by atoms with Gasteiger partial charge in [0, 0.05) is 28.3 Å². The van der Waals surface area contributed by atoms with Crippen LogP contribution in [0.5, 0.6) is 0 Å². The number of rotatable bonds is 6. The standard InChI is InChI=1S/C21H23BN3S.2FH/c1-15-14-17(8-5-16-6-9-18(26-2)10-7-16)24-21(15)19(11-12-23)20-4-3-13-25(20)22;;/h3-10,13-14,24H,11-12,23H2,1-2H3;2*1H/q+1;;/b8-5+;;. The Labute approximate surface area is 170 Å². The van der Waals surface area contributed by atoms with Crippen LogP contribution in [0.4, 0.5) is 9.41 Å². The molecule has 0 atom stereocenters. The molecule has 0 fully saturated rings. The number of aromatic amines is 1. The maximum atomic E-state index is 6.05. The van der Waals surface area contributed by atoms with Crippen LogP contribution in [-0.4, -0.2) is 36.5 Å². The van der Waals surface area contributed by atoms with E-state index in [-0.39, 0.29) is 9.41 Å². The van der Waals surface area contributed by atoms with Gasteiger partial charge in [-0.15, -0.1) is 11.8 Å². The molecular formula is C21H25BF2N3S+. The smallest absolute Gasteiger partial charge is 0.355 e. The monoisotopic (exact) mass is 400 g/mol. The molecule has 2 aromatic rings. The number of aryl methyl sites for hydroxylation is 1. The molecule has 0 aliphatic carbocycles. The third-order valence-electron chi connectivity index (χ3n) is 4.39. The van der Waals surface area contributed by atoms with E-state index in [9.17, 15) is 0 Å². The molecule has 28 heavy (non-hydrogen) atoms. The molecule has 0 amide bonds. The van der Waals surface area contributed by atoms with Gasteiger partial charge in [-0.1, -0.05) is 18.2 Å². The lowest BCUT2D eigenvalue weighted by molar-refractivity contribution is -0.294. The van der Waals surface area contributed by atoms with Crippen LogP contribution >= 0.6 is 11.8 Å². The third-order valence-corrected chi connectivity index (χ3v) is 5.13. The molecule has 146 valence electrons. The lowest BCUT2D eigenvalue weighted by atomic mass is 10.0. The van der Waals surface area contributed by atoms with Crippen LogP contribution in [0, 0.1) is 6.92 Å². The number of nitrogens with zero attached hydrogens (tertiary/aromatic N) is 1. The zero-order chi connectivity index (χ0) is 18.5. The van der Waals surface area contributed by atoms with Crippen molar-refractivity contribution in [1.82, 2.24) is 4.98 Å². The van der Waals surface area contributed by atoms with Crippen molar-refractivity contribution in [2.75, 3.05) is 12.8 Å². The molecule has 3 rings (SSSR count). The Bertz CT molecular complexity index is 912. The summed E-state index contributed by atoms with van der Waals surface area (Å²) in [5, 5.41) is 0. The lowest BCUT2D eigenvalue weighted by Gasteiger charge is -2.07. The average molecular weight is 400 g/mol. The molecule has 0 unspecified atom stereocenters. The lowest BCUT2D eigenvalue weighted by Crippen LogP contribution is -2.09. The first-order valence-corrected chi connectivity index (χ1v) is 9.85. The second-order valence-electron chi connectivity index (χ2n) is 6.21. The van der Waals surface area contributed by atoms with Gasteiger partial charge >= 0.3 is 7.98 Å². The Balaban J connectivity index is 0.00000196. The van der Waals surface area contributed by atoms with E-state index in [1.54, 1.807) is 16.2 Å². The van der Waals surface area contributed by atoms with E-state index in [0.717, 1.165) is 29.1 Å². The molecule has 1 aromatic carbocycles. The first kappa shape index (κ1) is 23.7. The van der Waals surface area contributed by atoms with E-state index in [0.29, 0.717) is 6.54 Å². The fraction of sp³-hybridized carbons (Fsp3) is 0.190. The van der Waals surface area contributed by atoms with Crippen LogP contribution in [0.2, 0.25) is 0 Å². The number of aromatic nitrogens is 1. The zero-order valence-corrected chi connectivity index (χ0v) is 16.8. The molecule has 0 bridgehead atoms. The van der Waals surface area contributed by atoms with Gasteiger partial charge in [-0.2, -0.15) is 0 Å². The highest BCUT2D eigenvalue weighted by Gasteiger charge is 2.20. The van der Waals surface area contributed by atoms with Gasteiger partial charge in [-0.25, -0.2) is 0 Å². The summed E-state index contributed by atoms with van der Waals surface area (Å²) in [5.74, 6) is 0. The fourth-order valence-corrected chi connectivity index (χ4v) is 3.47. The minimum Gasteiger partial charge on any atom is -0.355 e. The van der Waals surface area contributed by atoms with E-state index in [2.05, 4.69) is 60.6 Å². The van der Waals surface area contributed by atoms with Crippen molar-refractivity contribution in [1.29, 1.82) is 0 Å². The second-order valence-corrected chi connectivity index (χ2v) is 7.09. The van der Waals surface area contributed by atoms with Gasteiger partial charge in [-0.05, 0) is 61.5 Å². The van der Waals surface area contributed by atoms with Gasteiger partial charge in [-0.3, -0.25) is 13.9 Å². The van der Waals surface area contributed by atoms with Crippen molar-refractivity contribution in [3.63, 3.8) is 0 Å². The third kappa shape index (κ3) is 5.33. The maximum Gasteiger partial charge on any atom is 0.586 e. The summed E-state index contributed by atoms with van der Waals surface area (Å²) in [6.45, 7) is 2.68. The number of nitrogens with two attached hydrogens (primary N) is 1. The van der Waals surface area contributed by atoms with Crippen LogP contribution in [0.1, 0.15) is 28.9 Å². The molecule has 2 radical (unpaired) electrons. The normalized spacial score (nSPS) is 14.6. The molecule has 1 aliphatic heterocycles. The van der Waals surface area contributed by atoms with Crippen molar-refractivity contribution in [3.8, 4) is 0 Å². The van der Waals surface area contributed by atoms with E-state index in [4.69, 9.17) is 13.7 Å². The highest BCUT2D eigenvalue weighted by Crippen LogP contribution is 2.27. The van der Waals surface area contributed by atoms with Crippen molar-refractivity contribution >= 4 is 43.7 Å². The molecule has 2 heterocycles. The van der Waals surface area contributed by atoms with Gasteiger partial charge in [0.05, 0.1) is 5.69 Å². The zero-order valence-electron chi connectivity index (χ0n) is 16.0. The number of H-pyrrole nitrogens is 1. The Morgan fingerprint density at radius 2 is 1.93 bits per heavy atom. The van der Waals surface area contributed by atoms with Gasteiger partial charge < -0.3 is 10.7 Å². The van der Waals surface area contributed by atoms with Gasteiger partial charge in [0.15, 0.2) is 5.70 Å². The van der Waals surface area contributed by atoms with E-state index < -0.39 is 0 Å². The summed E-state index contributed by atoms with van der Waals surface area (Å²) in [6, 6.07) is 10.7. The van der Waals surface area contributed by atoms with Gasteiger partial charge in [0.1, 0.15) is 6.21 Å². The Morgan fingerprint density at radius 1 is 1.21 bits per heavy atom. The van der Waals surface area contributed by atoms with Crippen LogP contribution in [0.25, 0.3) is 17.7 Å². The number of halogens is 2. The molecule has 7 heteroatoms. The summed E-state index contributed by atoms with van der Waals surface area (Å²) in [5.41, 5.74) is 12.5. The summed E-state index contributed by atoms with van der Waals surface area (Å²) in [7, 11) is 6.05. The van der Waals surface area contributed by atoms with Crippen LogP contribution < -0.4 is 5.73 Å². The topological polar surface area (TPSA) is 44.8 Å². The van der Waals surface area contributed by atoms with Crippen LogP contribution in [0.3, 0.4) is 0 Å². The van der Waals surface area contributed by atoms with E-state index >= 15 is 0 Å². The molecule has 1 aromatic heterocycles. The quantitative estimate of drug-likeness (QED) is 0.561. The number of nitrogens with one attached hydrogen (secondary N) is 1. The average Bonchev–Trinajstić information content (AvgIpc) is 3.24. The van der Waals surface area contributed by atoms with Gasteiger partial charge in [0.25, 0.3) is 0 Å². The number of hydrogen-bond acceptors (Lipinski definition) is 2. The molecule has 0 spiro atoms. The summed E-state index contributed by atoms with van der Waals surface area (Å²) < 4.78 is 1.65. The molecule has 0 saturated heterocycles. The molecule has 3 nitrogen and oxygen atoms in total. The van der Waals surface area contributed by atoms with Gasteiger partial charge in [0.2, 0.25) is 0 Å². The highest BCUT2D eigenvalue weighted by molar-refractivity contribution is 7.98. The van der Waals surface area contributed by atoms with Crippen molar-refractivity contribution < 1.29 is 13.9 Å². The number of hydrogen-bond donors (Lipinski definition) is 2. The molecule has 0 saturated carbocycles. The number of allylic oxidation sites excluding steroid dienone is 2. The predicted molar refractivity (Wildman–Crippen MR) is 119 cm³/mol. The number of thioether (sulfide) groups is 1. The highest BCUT2D eigenvalue weighted by atomic mass is 32.2. The van der Waals surface area contributed by atoms with Crippen molar-refractivity contribution in [2.45, 2.75) is 18.2 Å². The summed E-state index contributed by atoms with van der Waals surface area (Å²) in [6.07, 6.45) is 12.9. The second kappa shape index (κ2) is 10.8. The van der Waals surface area contributed by atoms with E-state index in [1.807, 2.05) is 18.4 Å². The first-order valence-electron chi connectivity index (χ1n) is 8.63. The number of benzene rings is 1. The Morgan fingerprint density at radius 3 is 2.50 bits per heavy atom. The maximum absolute atomic E-state index is 6.05. The summed E-state index contributed by atoms with van der Waals surface area (Å²) >= 11 is 1.75.